The lowest BCUT2D eigenvalue weighted by Crippen LogP contribution is -1.94. The molecule has 5 rings (SSSR count). The van der Waals surface area contributed by atoms with Crippen molar-refractivity contribution in [2.24, 2.45) is 0 Å². The summed E-state index contributed by atoms with van der Waals surface area (Å²) in [5, 5.41) is 2.65. The van der Waals surface area contributed by atoms with Crippen molar-refractivity contribution in [3.05, 3.63) is 77.3 Å². The molecule has 0 aliphatic heterocycles. The van der Waals surface area contributed by atoms with Crippen LogP contribution in [0, 0.1) is 0 Å². The lowest BCUT2D eigenvalue weighted by atomic mass is 9.97. The van der Waals surface area contributed by atoms with Gasteiger partial charge in [0, 0.05) is 25.7 Å². The van der Waals surface area contributed by atoms with Crippen LogP contribution in [0.25, 0.3) is 42.7 Å². The highest BCUT2D eigenvalue weighted by Crippen LogP contribution is 2.42. The number of halogens is 2. The highest BCUT2D eigenvalue weighted by molar-refractivity contribution is 7.26. The summed E-state index contributed by atoms with van der Waals surface area (Å²) in [5.41, 5.74) is 3.13. The van der Waals surface area contributed by atoms with Crippen LogP contribution in [-0.2, 0) is 0 Å². The van der Waals surface area contributed by atoms with E-state index in [2.05, 4.69) is 63.5 Å². The molecule has 0 aliphatic carbocycles. The monoisotopic (exact) mass is 407 g/mol. The van der Waals surface area contributed by atoms with Crippen LogP contribution in [0.2, 0.25) is 10.6 Å². The number of benzene rings is 3. The van der Waals surface area contributed by atoms with E-state index in [0.717, 1.165) is 16.7 Å². The van der Waals surface area contributed by atoms with E-state index in [0.29, 0.717) is 5.82 Å². The number of hydrogen-bond donors (Lipinski definition) is 0. The first-order valence-electron chi connectivity index (χ1n) is 8.27. The molecule has 2 aromatic heterocycles. The summed E-state index contributed by atoms with van der Waals surface area (Å²) in [5.74, 6) is 0.469. The average Bonchev–Trinajstić information content (AvgIpc) is 3.06. The Morgan fingerprint density at radius 3 is 2.15 bits per heavy atom. The van der Waals surface area contributed by atoms with E-state index in [4.69, 9.17) is 23.2 Å². The van der Waals surface area contributed by atoms with Crippen LogP contribution < -0.4 is 0 Å². The normalized spacial score (nSPS) is 11.3. The van der Waals surface area contributed by atoms with Gasteiger partial charge >= 0.3 is 0 Å². The summed E-state index contributed by atoms with van der Waals surface area (Å²) >= 11 is 13.7. The molecule has 0 unspecified atom stereocenters. The largest absolute Gasteiger partial charge is 0.227 e. The number of rotatable bonds is 2. The van der Waals surface area contributed by atoms with Gasteiger partial charge in [0.1, 0.15) is 0 Å². The van der Waals surface area contributed by atoms with Crippen molar-refractivity contribution >= 4 is 54.7 Å². The van der Waals surface area contributed by atoms with E-state index in [1.807, 2.05) is 18.2 Å². The third-order valence-electron chi connectivity index (χ3n) is 4.40. The lowest BCUT2D eigenvalue weighted by molar-refractivity contribution is 1.06. The van der Waals surface area contributed by atoms with E-state index in [9.17, 15) is 0 Å². The number of hydrogen-bond acceptors (Lipinski definition) is 4. The maximum Gasteiger partial charge on any atom is 0.227 e. The Hall–Kier alpha value is -2.53. The highest BCUT2D eigenvalue weighted by atomic mass is 35.5. The van der Waals surface area contributed by atoms with Crippen molar-refractivity contribution in [2.75, 3.05) is 0 Å². The van der Waals surface area contributed by atoms with Crippen LogP contribution >= 0.6 is 34.5 Å². The van der Waals surface area contributed by atoms with Gasteiger partial charge in [-0.05, 0) is 52.5 Å². The second-order valence-electron chi connectivity index (χ2n) is 6.06. The van der Waals surface area contributed by atoms with Gasteiger partial charge in [-0.1, -0.05) is 48.5 Å². The topological polar surface area (TPSA) is 38.7 Å². The Balaban J connectivity index is 1.88. The second-order valence-corrected chi connectivity index (χ2v) is 7.82. The molecule has 3 nitrogen and oxygen atoms in total. The zero-order valence-corrected chi connectivity index (χ0v) is 16.2. The Morgan fingerprint density at radius 1 is 0.667 bits per heavy atom. The van der Waals surface area contributed by atoms with Crippen LogP contribution in [0.5, 0.6) is 0 Å². The molecule has 0 amide bonds. The summed E-state index contributed by atoms with van der Waals surface area (Å²) in [6, 6.07) is 22.9. The zero-order valence-electron chi connectivity index (χ0n) is 13.9. The molecule has 130 valence electrons. The molecule has 0 radical (unpaired) electrons. The van der Waals surface area contributed by atoms with Gasteiger partial charge in [-0.2, -0.15) is 15.0 Å². The molecule has 0 saturated carbocycles. The Bertz CT molecular complexity index is 1280. The number of thiophene rings is 1. The first-order valence-corrected chi connectivity index (χ1v) is 9.84. The smallest absolute Gasteiger partial charge is 0.198 e. The Kier molecular flexibility index (Phi) is 4.05. The molecule has 0 saturated heterocycles. The third-order valence-corrected chi connectivity index (χ3v) is 5.86. The van der Waals surface area contributed by atoms with E-state index >= 15 is 0 Å². The lowest BCUT2D eigenvalue weighted by Gasteiger charge is -2.08. The van der Waals surface area contributed by atoms with Crippen molar-refractivity contribution in [3.8, 4) is 22.5 Å². The fourth-order valence-electron chi connectivity index (χ4n) is 3.28. The molecule has 0 bridgehead atoms. The van der Waals surface area contributed by atoms with Gasteiger partial charge in [0.15, 0.2) is 5.82 Å². The number of aromatic nitrogens is 3. The summed E-state index contributed by atoms with van der Waals surface area (Å²) < 4.78 is 2.41. The Labute approximate surface area is 169 Å². The molecule has 27 heavy (non-hydrogen) atoms. The molecule has 0 aliphatic rings. The molecule has 0 spiro atoms. The van der Waals surface area contributed by atoms with Crippen molar-refractivity contribution in [1.29, 1.82) is 0 Å². The first kappa shape index (κ1) is 16.6. The van der Waals surface area contributed by atoms with E-state index < -0.39 is 0 Å². The molecule has 2 heterocycles. The maximum atomic E-state index is 6.00. The van der Waals surface area contributed by atoms with Gasteiger partial charge in [-0.3, -0.25) is 0 Å². The first-order chi connectivity index (χ1) is 13.2. The summed E-state index contributed by atoms with van der Waals surface area (Å²) in [7, 11) is 0. The van der Waals surface area contributed by atoms with E-state index in [-0.39, 0.29) is 10.6 Å². The van der Waals surface area contributed by atoms with Crippen LogP contribution in [0.3, 0.4) is 0 Å². The summed E-state index contributed by atoms with van der Waals surface area (Å²) in [6.45, 7) is 0. The van der Waals surface area contributed by atoms with Crippen LogP contribution in [0.15, 0.2) is 66.7 Å². The Morgan fingerprint density at radius 2 is 1.37 bits per heavy atom. The van der Waals surface area contributed by atoms with E-state index in [1.54, 1.807) is 11.3 Å². The predicted molar refractivity (Wildman–Crippen MR) is 114 cm³/mol. The second kappa shape index (κ2) is 6.57. The number of nitrogens with zero attached hydrogens (tertiary/aromatic N) is 3. The van der Waals surface area contributed by atoms with Crippen LogP contribution in [0.4, 0.5) is 0 Å². The zero-order chi connectivity index (χ0) is 18.4. The van der Waals surface area contributed by atoms with Crippen molar-refractivity contribution in [1.82, 2.24) is 15.0 Å². The molecule has 0 fully saturated rings. The minimum atomic E-state index is 0.0858. The predicted octanol–water partition coefficient (Wildman–Crippen LogP) is 6.88. The fourth-order valence-corrected chi connectivity index (χ4v) is 4.82. The number of fused-ring (bicyclic) bond motifs is 3. The van der Waals surface area contributed by atoms with Gasteiger partial charge < -0.3 is 0 Å². The molecular formula is C21H11Cl2N3S. The van der Waals surface area contributed by atoms with Crippen molar-refractivity contribution in [2.45, 2.75) is 0 Å². The van der Waals surface area contributed by atoms with Gasteiger partial charge in [0.25, 0.3) is 0 Å². The quantitative estimate of drug-likeness (QED) is 0.320. The van der Waals surface area contributed by atoms with Gasteiger partial charge in [0.2, 0.25) is 10.6 Å². The molecular weight excluding hydrogens is 397 g/mol. The maximum absolute atomic E-state index is 6.00. The minimum absolute atomic E-state index is 0.0858. The van der Waals surface area contributed by atoms with Gasteiger partial charge in [-0.15, -0.1) is 11.3 Å². The van der Waals surface area contributed by atoms with Crippen molar-refractivity contribution < 1.29 is 0 Å². The van der Waals surface area contributed by atoms with Gasteiger partial charge in [0.05, 0.1) is 0 Å². The molecule has 0 N–H and O–H groups in total. The van der Waals surface area contributed by atoms with Crippen LogP contribution in [-0.4, -0.2) is 15.0 Å². The molecule has 6 heteroatoms. The fraction of sp³-hybridized carbons (Fsp3) is 0. The highest BCUT2D eigenvalue weighted by Gasteiger charge is 2.15. The average molecular weight is 408 g/mol. The minimum Gasteiger partial charge on any atom is -0.198 e. The standard InChI is InChI=1S/C21H11Cl2N3S/c22-20-24-19(25-21(23)26-20)13-10-15(12-6-2-1-3-7-12)18-14-8-4-5-9-16(14)27-17(18)11-13/h1-11H. The molecule has 5 aromatic rings. The van der Waals surface area contributed by atoms with E-state index in [1.165, 1.54) is 20.2 Å². The molecule has 3 aromatic carbocycles. The third kappa shape index (κ3) is 2.96. The van der Waals surface area contributed by atoms with Crippen LogP contribution in [0.1, 0.15) is 0 Å². The SMILES string of the molecule is Clc1nc(Cl)nc(-c2cc(-c3ccccc3)c3c(c2)sc2ccccc23)n1. The van der Waals surface area contributed by atoms with Crippen molar-refractivity contribution in [3.63, 3.8) is 0 Å². The van der Waals surface area contributed by atoms with Gasteiger partial charge in [-0.25, -0.2) is 0 Å². The molecule has 0 atom stereocenters. The summed E-state index contributed by atoms with van der Waals surface area (Å²) in [6.07, 6.45) is 0. The summed E-state index contributed by atoms with van der Waals surface area (Å²) in [4.78, 5) is 12.4.